The summed E-state index contributed by atoms with van der Waals surface area (Å²) < 4.78 is 0. The fraction of sp³-hybridized carbons (Fsp3) is 0.100. The Labute approximate surface area is 279 Å². The zero-order valence-electron chi connectivity index (χ0n) is 25.4. The molecular formula is C40H40Br2P2. The van der Waals surface area contributed by atoms with Crippen LogP contribution >= 0.6 is 41.6 Å². The van der Waals surface area contributed by atoms with E-state index in [1.54, 1.807) is 0 Å². The third-order valence-electron chi connectivity index (χ3n) is 8.96. The van der Waals surface area contributed by atoms with Gasteiger partial charge >= 0.3 is 282 Å². The molecule has 224 valence electrons. The van der Waals surface area contributed by atoms with Crippen molar-refractivity contribution in [1.29, 1.82) is 0 Å². The zero-order valence-corrected chi connectivity index (χ0v) is 30.3. The normalized spacial score (nSPS) is 13.3. The van der Waals surface area contributed by atoms with Crippen LogP contribution in [0.25, 0.3) is 0 Å². The molecule has 0 aliphatic carbocycles. The van der Waals surface area contributed by atoms with Gasteiger partial charge in [-0.15, -0.1) is 0 Å². The van der Waals surface area contributed by atoms with Crippen LogP contribution in [0.15, 0.2) is 182 Å². The predicted octanol–water partition coefficient (Wildman–Crippen LogP) is 9.69. The van der Waals surface area contributed by atoms with Crippen LogP contribution in [0.1, 0.15) is 13.8 Å². The summed E-state index contributed by atoms with van der Waals surface area (Å²) in [4.78, 5) is 0. The van der Waals surface area contributed by atoms with Gasteiger partial charge in [-0.1, -0.05) is 0 Å². The first-order valence-electron chi connectivity index (χ1n) is 15.2. The molecule has 6 aromatic rings. The Balaban J connectivity index is 0.000000175. The first kappa shape index (κ1) is 32.5. The van der Waals surface area contributed by atoms with Gasteiger partial charge in [0.1, 0.15) is 0 Å². The summed E-state index contributed by atoms with van der Waals surface area (Å²) in [6, 6.07) is 65.3. The van der Waals surface area contributed by atoms with Crippen LogP contribution in [0.3, 0.4) is 0 Å². The molecule has 0 nitrogen and oxygen atoms in total. The van der Waals surface area contributed by atoms with Crippen LogP contribution in [0.2, 0.25) is 0 Å². The molecule has 4 heteroatoms. The Bertz CT molecular complexity index is 1410. The third kappa shape index (κ3) is 5.57. The van der Waals surface area contributed by atoms with Crippen molar-refractivity contribution in [2.24, 2.45) is 0 Å². The second-order valence-corrected chi connectivity index (χ2v) is 29.5. The molecule has 0 unspecified atom stereocenters. The Morgan fingerprint density at radius 3 is 0.545 bits per heavy atom. The van der Waals surface area contributed by atoms with Crippen LogP contribution in [0, 0.1) is 0 Å². The van der Waals surface area contributed by atoms with Crippen LogP contribution in [-0.2, 0) is 0 Å². The summed E-state index contributed by atoms with van der Waals surface area (Å²) in [7, 11) is 0. The van der Waals surface area contributed by atoms with Crippen molar-refractivity contribution >= 4 is 73.4 Å². The SMILES string of the molecule is CCP(Br)(c1ccccc1)(c1ccccc1)c1ccccc1.CCP(Br)(c1ccccc1)(c1ccccc1)c1ccccc1. The van der Waals surface area contributed by atoms with Crippen molar-refractivity contribution in [1.82, 2.24) is 0 Å². The molecule has 0 saturated heterocycles. The first-order valence-corrected chi connectivity index (χ1v) is 24.1. The van der Waals surface area contributed by atoms with Crippen LogP contribution in [-0.4, -0.2) is 12.3 Å². The maximum atomic E-state index is 4.35. The molecule has 0 N–H and O–H groups in total. The molecule has 6 rings (SSSR count). The first-order chi connectivity index (χ1) is 21.4. The zero-order chi connectivity index (χ0) is 31.0. The summed E-state index contributed by atoms with van der Waals surface area (Å²) in [5, 5.41) is 3.12. The van der Waals surface area contributed by atoms with Crippen LogP contribution in [0.5, 0.6) is 0 Å². The Morgan fingerprint density at radius 2 is 0.432 bits per heavy atom. The van der Waals surface area contributed by atoms with Gasteiger partial charge in [-0.2, -0.15) is 0 Å². The van der Waals surface area contributed by atoms with E-state index in [1.165, 1.54) is 31.8 Å². The number of hydrogen-bond acceptors (Lipinski definition) is 0. The van der Waals surface area contributed by atoms with Gasteiger partial charge in [0.2, 0.25) is 0 Å². The molecule has 0 radical (unpaired) electrons. The molecule has 0 saturated carbocycles. The minimum atomic E-state index is -2.59. The van der Waals surface area contributed by atoms with Crippen molar-refractivity contribution in [2.75, 3.05) is 12.3 Å². The summed E-state index contributed by atoms with van der Waals surface area (Å²) in [5.41, 5.74) is 0. The monoisotopic (exact) mass is 740 g/mol. The summed E-state index contributed by atoms with van der Waals surface area (Å²) >= 11 is 8.69. The molecule has 0 heterocycles. The predicted molar refractivity (Wildman–Crippen MR) is 209 cm³/mol. The van der Waals surface area contributed by atoms with E-state index < -0.39 is 10.6 Å². The van der Waals surface area contributed by atoms with Crippen molar-refractivity contribution in [3.05, 3.63) is 182 Å². The molecule has 0 aliphatic heterocycles. The van der Waals surface area contributed by atoms with Crippen LogP contribution in [0.4, 0.5) is 0 Å². The molecule has 0 bridgehead atoms. The fourth-order valence-corrected chi connectivity index (χ4v) is 19.4. The van der Waals surface area contributed by atoms with E-state index in [2.05, 4.69) is 227 Å². The average molecular weight is 743 g/mol. The van der Waals surface area contributed by atoms with Crippen molar-refractivity contribution in [3.8, 4) is 0 Å². The standard InChI is InChI=1S/2C20H20BrP/c2*1-2-22(21,18-12-6-3-7-13-18,19-14-8-4-9-15-19)20-16-10-5-11-17-20/h2*3-17H,2H2,1H3. The van der Waals surface area contributed by atoms with Gasteiger partial charge < -0.3 is 0 Å². The Morgan fingerprint density at radius 1 is 0.295 bits per heavy atom. The fourth-order valence-electron chi connectivity index (χ4n) is 6.42. The topological polar surface area (TPSA) is 0 Å². The Hall–Kier alpha value is -2.86. The molecule has 0 spiro atoms. The number of halogens is 2. The summed E-state index contributed by atoms with van der Waals surface area (Å²) in [6.07, 6.45) is 2.09. The molecule has 6 aromatic carbocycles. The second kappa shape index (κ2) is 13.6. The minimum absolute atomic E-state index is 1.05. The maximum absolute atomic E-state index is 4.35. The molecular weight excluding hydrogens is 702 g/mol. The molecule has 0 fully saturated rings. The van der Waals surface area contributed by atoms with E-state index in [4.69, 9.17) is 0 Å². The summed E-state index contributed by atoms with van der Waals surface area (Å²) in [6.45, 7) is 4.58. The van der Waals surface area contributed by atoms with E-state index in [9.17, 15) is 0 Å². The van der Waals surface area contributed by atoms with Gasteiger partial charge in [0, 0.05) is 0 Å². The van der Waals surface area contributed by atoms with Gasteiger partial charge in [0.25, 0.3) is 0 Å². The average Bonchev–Trinajstić information content (AvgIpc) is 3.13. The molecule has 0 aliphatic rings. The number of benzene rings is 6. The quantitative estimate of drug-likeness (QED) is 0.136. The van der Waals surface area contributed by atoms with Gasteiger partial charge in [-0.25, -0.2) is 0 Å². The van der Waals surface area contributed by atoms with Crippen molar-refractivity contribution in [2.45, 2.75) is 13.8 Å². The van der Waals surface area contributed by atoms with Crippen LogP contribution < -0.4 is 31.8 Å². The van der Waals surface area contributed by atoms with Gasteiger partial charge in [-0.05, 0) is 0 Å². The van der Waals surface area contributed by atoms with Gasteiger partial charge in [0.15, 0.2) is 0 Å². The number of rotatable bonds is 8. The second-order valence-electron chi connectivity index (χ2n) is 11.0. The van der Waals surface area contributed by atoms with E-state index >= 15 is 0 Å². The number of hydrogen-bond donors (Lipinski definition) is 0. The van der Waals surface area contributed by atoms with Gasteiger partial charge in [0.05, 0.1) is 0 Å². The Kier molecular flexibility index (Phi) is 10.1. The van der Waals surface area contributed by atoms with Crippen molar-refractivity contribution in [3.63, 3.8) is 0 Å². The molecule has 0 atom stereocenters. The molecule has 44 heavy (non-hydrogen) atoms. The van der Waals surface area contributed by atoms with E-state index in [0.717, 1.165) is 12.3 Å². The van der Waals surface area contributed by atoms with Gasteiger partial charge in [-0.3, -0.25) is 0 Å². The van der Waals surface area contributed by atoms with E-state index in [0.29, 0.717) is 0 Å². The van der Waals surface area contributed by atoms with E-state index in [1.807, 2.05) is 0 Å². The third-order valence-corrected chi connectivity index (χ3v) is 30.0. The van der Waals surface area contributed by atoms with E-state index in [-0.39, 0.29) is 0 Å². The van der Waals surface area contributed by atoms with Crippen molar-refractivity contribution < 1.29 is 0 Å². The molecule has 0 amide bonds. The molecule has 0 aromatic heterocycles. The summed E-state index contributed by atoms with van der Waals surface area (Å²) in [5.74, 6) is 0.